The molecule has 3 nitrogen and oxygen atoms in total. The van der Waals surface area contributed by atoms with Gasteiger partial charge in [-0.3, -0.25) is 0 Å². The van der Waals surface area contributed by atoms with Crippen LogP contribution in [0.15, 0.2) is 0 Å². The Bertz CT molecular complexity index is 276. The highest BCUT2D eigenvalue weighted by Crippen LogP contribution is 2.29. The first kappa shape index (κ1) is 13.3. The third kappa shape index (κ3) is 4.29. The van der Waals surface area contributed by atoms with Crippen LogP contribution >= 0.6 is 11.6 Å². The van der Waals surface area contributed by atoms with Crippen molar-refractivity contribution in [2.24, 2.45) is 11.8 Å². The Balaban J connectivity index is 2.39. The topological polar surface area (TPSA) is 43.4 Å². The average molecular weight is 255 g/mol. The molecule has 0 aromatic heterocycles. The largest absolute Gasteiger partial charge is 0.382 e. The molecule has 0 aromatic rings. The Labute approximate surface area is 97.1 Å². The van der Waals surface area contributed by atoms with Gasteiger partial charge in [-0.2, -0.15) is 0 Å². The zero-order valence-electron chi connectivity index (χ0n) is 9.12. The van der Waals surface area contributed by atoms with E-state index in [1.807, 2.05) is 6.92 Å². The van der Waals surface area contributed by atoms with Crippen LogP contribution in [0.4, 0.5) is 0 Å². The van der Waals surface area contributed by atoms with E-state index >= 15 is 0 Å². The van der Waals surface area contributed by atoms with Crippen molar-refractivity contribution in [1.29, 1.82) is 0 Å². The molecule has 1 saturated heterocycles. The lowest BCUT2D eigenvalue weighted by molar-refractivity contribution is 0.127. The number of halogens is 1. The van der Waals surface area contributed by atoms with Gasteiger partial charge in [0, 0.05) is 19.1 Å². The van der Waals surface area contributed by atoms with Crippen molar-refractivity contribution in [3.63, 3.8) is 0 Å². The Hall–Kier alpha value is 0.200. The van der Waals surface area contributed by atoms with E-state index in [9.17, 15) is 8.42 Å². The number of sulfone groups is 1. The van der Waals surface area contributed by atoms with E-state index in [2.05, 4.69) is 0 Å². The first-order valence-electron chi connectivity index (χ1n) is 5.43. The number of ether oxygens (including phenoxy) is 1. The SMILES string of the molecule is CCOCCC(CCl)C1CCS(=O)(=O)C1. The summed E-state index contributed by atoms with van der Waals surface area (Å²) in [5.74, 6) is 1.71. The van der Waals surface area contributed by atoms with Crippen molar-refractivity contribution in [2.45, 2.75) is 19.8 Å². The highest BCUT2D eigenvalue weighted by Gasteiger charge is 2.32. The van der Waals surface area contributed by atoms with Crippen molar-refractivity contribution >= 4 is 21.4 Å². The summed E-state index contributed by atoms with van der Waals surface area (Å²) in [6, 6.07) is 0. The maximum atomic E-state index is 11.3. The Morgan fingerprint density at radius 2 is 2.27 bits per heavy atom. The van der Waals surface area contributed by atoms with E-state index in [-0.39, 0.29) is 11.8 Å². The van der Waals surface area contributed by atoms with Crippen molar-refractivity contribution in [1.82, 2.24) is 0 Å². The molecular formula is C10H19ClO3S. The molecule has 15 heavy (non-hydrogen) atoms. The molecule has 0 N–H and O–H groups in total. The first-order valence-corrected chi connectivity index (χ1v) is 7.78. The van der Waals surface area contributed by atoms with Gasteiger partial charge in [0.2, 0.25) is 0 Å². The minimum absolute atomic E-state index is 0.243. The van der Waals surface area contributed by atoms with Crippen molar-refractivity contribution in [3.8, 4) is 0 Å². The molecule has 0 amide bonds. The maximum Gasteiger partial charge on any atom is 0.150 e. The van der Waals surface area contributed by atoms with Gasteiger partial charge in [0.05, 0.1) is 11.5 Å². The molecule has 1 aliphatic rings. The van der Waals surface area contributed by atoms with Crippen LogP contribution in [0.5, 0.6) is 0 Å². The van der Waals surface area contributed by atoms with Crippen molar-refractivity contribution < 1.29 is 13.2 Å². The Kier molecular flexibility index (Phi) is 5.36. The molecule has 0 radical (unpaired) electrons. The highest BCUT2D eigenvalue weighted by atomic mass is 35.5. The minimum atomic E-state index is -2.78. The zero-order chi connectivity index (χ0) is 11.3. The summed E-state index contributed by atoms with van der Waals surface area (Å²) in [4.78, 5) is 0. The van der Waals surface area contributed by atoms with Gasteiger partial charge in [-0.05, 0) is 31.6 Å². The molecular weight excluding hydrogens is 236 g/mol. The second kappa shape index (κ2) is 6.06. The molecule has 0 saturated carbocycles. The molecule has 1 aliphatic heterocycles. The lowest BCUT2D eigenvalue weighted by Crippen LogP contribution is -2.19. The average Bonchev–Trinajstić information content (AvgIpc) is 2.54. The van der Waals surface area contributed by atoms with Crippen LogP contribution in [0.2, 0.25) is 0 Å². The molecule has 1 heterocycles. The fourth-order valence-electron chi connectivity index (χ4n) is 2.01. The molecule has 2 unspecified atom stereocenters. The Morgan fingerprint density at radius 3 is 2.73 bits per heavy atom. The Morgan fingerprint density at radius 1 is 1.53 bits per heavy atom. The van der Waals surface area contributed by atoms with Gasteiger partial charge in [0.1, 0.15) is 0 Å². The normalized spacial score (nSPS) is 26.7. The monoisotopic (exact) mass is 254 g/mol. The lowest BCUT2D eigenvalue weighted by Gasteiger charge is -2.19. The van der Waals surface area contributed by atoms with Crippen molar-refractivity contribution in [3.05, 3.63) is 0 Å². The maximum absolute atomic E-state index is 11.3. The number of hydrogen-bond acceptors (Lipinski definition) is 3. The van der Waals surface area contributed by atoms with Gasteiger partial charge in [-0.15, -0.1) is 11.6 Å². The molecule has 0 aliphatic carbocycles. The lowest BCUT2D eigenvalue weighted by atomic mass is 9.91. The highest BCUT2D eigenvalue weighted by molar-refractivity contribution is 7.91. The van der Waals surface area contributed by atoms with Gasteiger partial charge < -0.3 is 4.74 Å². The standard InChI is InChI=1S/C10H19ClO3S/c1-2-14-5-3-9(7-11)10-4-6-15(12,13)8-10/h9-10H,2-8H2,1H3. The summed E-state index contributed by atoms with van der Waals surface area (Å²) >= 11 is 5.87. The molecule has 1 fully saturated rings. The molecule has 5 heteroatoms. The van der Waals surface area contributed by atoms with Gasteiger partial charge >= 0.3 is 0 Å². The molecule has 90 valence electrons. The van der Waals surface area contributed by atoms with Crippen molar-refractivity contribution in [2.75, 3.05) is 30.6 Å². The quantitative estimate of drug-likeness (QED) is 0.535. The van der Waals surface area contributed by atoms with Gasteiger partial charge in [-0.25, -0.2) is 8.42 Å². The van der Waals surface area contributed by atoms with E-state index in [0.29, 0.717) is 30.6 Å². The summed E-state index contributed by atoms with van der Waals surface area (Å²) in [7, 11) is -2.78. The predicted molar refractivity (Wildman–Crippen MR) is 62.1 cm³/mol. The van der Waals surface area contributed by atoms with E-state index in [0.717, 1.165) is 12.8 Å². The number of alkyl halides is 1. The zero-order valence-corrected chi connectivity index (χ0v) is 10.7. The second-order valence-corrected chi connectivity index (χ2v) is 6.60. The number of rotatable bonds is 6. The summed E-state index contributed by atoms with van der Waals surface area (Å²) in [6.45, 7) is 3.35. The van der Waals surface area contributed by atoms with Crippen LogP contribution in [-0.4, -0.2) is 39.0 Å². The molecule has 0 aromatic carbocycles. The smallest absolute Gasteiger partial charge is 0.150 e. The summed E-state index contributed by atoms with van der Waals surface area (Å²) in [5, 5.41) is 0. The van der Waals surface area contributed by atoms with E-state index in [1.165, 1.54) is 0 Å². The van der Waals surface area contributed by atoms with Crippen LogP contribution in [0, 0.1) is 11.8 Å². The van der Waals surface area contributed by atoms with E-state index in [4.69, 9.17) is 16.3 Å². The molecule has 0 spiro atoms. The second-order valence-electron chi connectivity index (χ2n) is 4.06. The van der Waals surface area contributed by atoms with Crippen LogP contribution < -0.4 is 0 Å². The van der Waals surface area contributed by atoms with E-state index < -0.39 is 9.84 Å². The fourth-order valence-corrected chi connectivity index (χ4v) is 4.34. The summed E-state index contributed by atoms with van der Waals surface area (Å²) in [5.41, 5.74) is 0. The molecule has 2 atom stereocenters. The van der Waals surface area contributed by atoms with Gasteiger partial charge in [0.15, 0.2) is 9.84 Å². The summed E-state index contributed by atoms with van der Waals surface area (Å²) in [6.07, 6.45) is 1.64. The molecule has 1 rings (SSSR count). The van der Waals surface area contributed by atoms with Crippen LogP contribution in [0.1, 0.15) is 19.8 Å². The van der Waals surface area contributed by atoms with Crippen LogP contribution in [-0.2, 0) is 14.6 Å². The van der Waals surface area contributed by atoms with Gasteiger partial charge in [-0.1, -0.05) is 0 Å². The predicted octanol–water partition coefficient (Wildman–Crippen LogP) is 1.70. The van der Waals surface area contributed by atoms with Gasteiger partial charge in [0.25, 0.3) is 0 Å². The minimum Gasteiger partial charge on any atom is -0.382 e. The van der Waals surface area contributed by atoms with Crippen LogP contribution in [0.25, 0.3) is 0 Å². The third-order valence-corrected chi connectivity index (χ3v) is 5.16. The fraction of sp³-hybridized carbons (Fsp3) is 1.00. The van der Waals surface area contributed by atoms with E-state index in [1.54, 1.807) is 0 Å². The number of hydrogen-bond donors (Lipinski definition) is 0. The summed E-state index contributed by atoms with van der Waals surface area (Å²) < 4.78 is 27.9. The molecule has 0 bridgehead atoms. The van der Waals surface area contributed by atoms with Crippen LogP contribution in [0.3, 0.4) is 0 Å². The first-order chi connectivity index (χ1) is 7.09. The third-order valence-electron chi connectivity index (χ3n) is 2.97.